The molecule has 0 saturated carbocycles. The van der Waals surface area contributed by atoms with Crippen LogP contribution in [0.15, 0.2) is 51.0 Å². The zero-order valence-corrected chi connectivity index (χ0v) is 15.8. The number of aromatic amines is 1. The fourth-order valence-corrected chi connectivity index (χ4v) is 3.12. The number of nitrogens with zero attached hydrogens (tertiary/aromatic N) is 2. The summed E-state index contributed by atoms with van der Waals surface area (Å²) in [6.07, 6.45) is 1.27. The Kier molecular flexibility index (Phi) is 5.01. The quantitative estimate of drug-likeness (QED) is 0.678. The number of hydrogen-bond donors (Lipinski definition) is 2. The Labute approximate surface area is 160 Å². The zero-order chi connectivity index (χ0) is 19.7. The molecule has 0 fully saturated rings. The van der Waals surface area contributed by atoms with E-state index in [-0.39, 0.29) is 5.56 Å². The van der Waals surface area contributed by atoms with Crippen molar-refractivity contribution in [1.29, 1.82) is 0 Å². The van der Waals surface area contributed by atoms with Gasteiger partial charge < -0.3 is 5.11 Å². The molecule has 0 bridgehead atoms. The van der Waals surface area contributed by atoms with Gasteiger partial charge >= 0.3 is 5.69 Å². The van der Waals surface area contributed by atoms with E-state index in [9.17, 15) is 14.7 Å². The maximum Gasteiger partial charge on any atom is 0.335 e. The largest absolute Gasteiger partial charge is 0.493 e. The second-order valence-corrected chi connectivity index (χ2v) is 6.75. The monoisotopic (exact) mass is 383 g/mol. The first-order valence-corrected chi connectivity index (χ1v) is 8.62. The molecule has 6 nitrogen and oxygen atoms in total. The predicted molar refractivity (Wildman–Crippen MR) is 107 cm³/mol. The van der Waals surface area contributed by atoms with Crippen molar-refractivity contribution in [2.75, 3.05) is 0 Å². The third-order valence-corrected chi connectivity index (χ3v) is 4.42. The van der Waals surface area contributed by atoms with Gasteiger partial charge in [0.2, 0.25) is 5.88 Å². The summed E-state index contributed by atoms with van der Waals surface area (Å²) < 4.78 is 0.994. The van der Waals surface area contributed by atoms with E-state index < -0.39 is 17.1 Å². The molecule has 0 spiro atoms. The highest BCUT2D eigenvalue weighted by Crippen LogP contribution is 2.25. The lowest BCUT2D eigenvalue weighted by molar-refractivity contribution is 0.430. The Morgan fingerprint density at radius 3 is 2.26 bits per heavy atom. The molecular formula is C20H18ClN3O3. The third kappa shape index (κ3) is 3.71. The van der Waals surface area contributed by atoms with Gasteiger partial charge in [0.15, 0.2) is 0 Å². The maximum absolute atomic E-state index is 12.2. The topological polar surface area (TPSA) is 87.4 Å². The molecule has 0 aliphatic rings. The molecule has 0 amide bonds. The van der Waals surface area contributed by atoms with Crippen LogP contribution in [-0.4, -0.2) is 20.9 Å². The number of rotatable bonds is 3. The Hall–Kier alpha value is -3.12. The summed E-state index contributed by atoms with van der Waals surface area (Å²) in [5.41, 5.74) is 2.52. The minimum absolute atomic E-state index is 0.107. The van der Waals surface area contributed by atoms with Crippen LogP contribution < -0.4 is 11.2 Å². The molecule has 2 aromatic carbocycles. The van der Waals surface area contributed by atoms with Crippen molar-refractivity contribution in [1.82, 2.24) is 9.55 Å². The molecule has 2 N–H and O–H groups in total. The van der Waals surface area contributed by atoms with Gasteiger partial charge in [0.1, 0.15) is 5.56 Å². The minimum atomic E-state index is -0.750. The van der Waals surface area contributed by atoms with Crippen molar-refractivity contribution in [3.8, 4) is 11.6 Å². The van der Waals surface area contributed by atoms with Gasteiger partial charge in [0, 0.05) is 11.2 Å². The van der Waals surface area contributed by atoms with Crippen molar-refractivity contribution in [2.24, 2.45) is 4.99 Å². The van der Waals surface area contributed by atoms with Crippen LogP contribution >= 0.6 is 11.6 Å². The van der Waals surface area contributed by atoms with E-state index >= 15 is 0 Å². The first kappa shape index (κ1) is 18.7. The van der Waals surface area contributed by atoms with E-state index in [0.29, 0.717) is 16.4 Å². The number of aromatic nitrogens is 2. The number of H-pyrrole nitrogens is 1. The fourth-order valence-electron chi connectivity index (χ4n) is 2.99. The van der Waals surface area contributed by atoms with Gasteiger partial charge in [-0.05, 0) is 56.2 Å². The standard InChI is InChI=1S/C20H18ClN3O3/c1-11-8-12(2)17(13(3)9-11)22-10-16-18(25)23-20(27)24(19(16)26)15-6-4-14(21)5-7-15/h4-10,26H,1-3H3,(H,23,25,27). The zero-order valence-electron chi connectivity index (χ0n) is 15.1. The summed E-state index contributed by atoms with van der Waals surface area (Å²) in [5, 5.41) is 11.0. The minimum Gasteiger partial charge on any atom is -0.493 e. The highest BCUT2D eigenvalue weighted by Gasteiger charge is 2.14. The van der Waals surface area contributed by atoms with E-state index in [4.69, 9.17) is 11.6 Å². The molecule has 27 heavy (non-hydrogen) atoms. The summed E-state index contributed by atoms with van der Waals surface area (Å²) in [7, 11) is 0. The molecule has 3 aromatic rings. The van der Waals surface area contributed by atoms with Crippen LogP contribution in [0.25, 0.3) is 5.69 Å². The molecule has 0 unspecified atom stereocenters. The second kappa shape index (κ2) is 7.25. The smallest absolute Gasteiger partial charge is 0.335 e. The van der Waals surface area contributed by atoms with Crippen molar-refractivity contribution in [3.63, 3.8) is 0 Å². The van der Waals surface area contributed by atoms with E-state index in [1.54, 1.807) is 24.3 Å². The number of nitrogens with one attached hydrogen (secondary N) is 1. The molecular weight excluding hydrogens is 366 g/mol. The summed E-state index contributed by atoms with van der Waals surface area (Å²) in [5.74, 6) is -0.489. The molecule has 0 atom stereocenters. The summed E-state index contributed by atoms with van der Waals surface area (Å²) >= 11 is 5.86. The number of hydrogen-bond acceptors (Lipinski definition) is 4. The SMILES string of the molecule is Cc1cc(C)c(N=Cc2c(O)n(-c3ccc(Cl)cc3)c(=O)[nH]c2=O)c(C)c1. The Bertz CT molecular complexity index is 1140. The fraction of sp³-hybridized carbons (Fsp3) is 0.150. The van der Waals surface area contributed by atoms with Crippen molar-refractivity contribution < 1.29 is 5.11 Å². The Morgan fingerprint density at radius 2 is 1.67 bits per heavy atom. The summed E-state index contributed by atoms with van der Waals surface area (Å²) in [4.78, 5) is 31.0. The number of aliphatic imine (C=N–C) groups is 1. The van der Waals surface area contributed by atoms with Gasteiger partial charge in [-0.3, -0.25) is 14.8 Å². The lowest BCUT2D eigenvalue weighted by Gasteiger charge is -2.10. The summed E-state index contributed by atoms with van der Waals surface area (Å²) in [6, 6.07) is 10.3. The predicted octanol–water partition coefficient (Wildman–Crippen LogP) is 3.56. The highest BCUT2D eigenvalue weighted by atomic mass is 35.5. The highest BCUT2D eigenvalue weighted by molar-refractivity contribution is 6.30. The molecule has 1 heterocycles. The Balaban J connectivity index is 2.15. The van der Waals surface area contributed by atoms with Gasteiger partial charge in [-0.1, -0.05) is 29.3 Å². The van der Waals surface area contributed by atoms with Gasteiger partial charge in [-0.25, -0.2) is 9.36 Å². The lowest BCUT2D eigenvalue weighted by atomic mass is 10.1. The maximum atomic E-state index is 12.2. The molecule has 3 rings (SSSR count). The first-order chi connectivity index (χ1) is 12.8. The molecule has 138 valence electrons. The van der Waals surface area contributed by atoms with E-state index in [1.807, 2.05) is 32.9 Å². The molecule has 1 aromatic heterocycles. The lowest BCUT2D eigenvalue weighted by Crippen LogP contribution is -2.31. The Morgan fingerprint density at radius 1 is 1.07 bits per heavy atom. The second-order valence-electron chi connectivity index (χ2n) is 6.31. The number of aromatic hydroxyl groups is 1. The van der Waals surface area contributed by atoms with Crippen LogP contribution in [0, 0.1) is 20.8 Å². The van der Waals surface area contributed by atoms with Crippen LogP contribution in [0.4, 0.5) is 5.69 Å². The van der Waals surface area contributed by atoms with Gasteiger partial charge in [0.05, 0.1) is 11.4 Å². The van der Waals surface area contributed by atoms with E-state index in [0.717, 1.165) is 21.3 Å². The van der Waals surface area contributed by atoms with Gasteiger partial charge in [-0.2, -0.15) is 0 Å². The third-order valence-electron chi connectivity index (χ3n) is 4.16. The van der Waals surface area contributed by atoms with Crippen LogP contribution in [0.1, 0.15) is 22.3 Å². The van der Waals surface area contributed by atoms with Crippen LogP contribution in [0.3, 0.4) is 0 Å². The number of aryl methyl sites for hydroxylation is 3. The van der Waals surface area contributed by atoms with Crippen LogP contribution in [0.2, 0.25) is 5.02 Å². The number of benzene rings is 2. The van der Waals surface area contributed by atoms with Crippen molar-refractivity contribution in [2.45, 2.75) is 20.8 Å². The number of halogens is 1. The van der Waals surface area contributed by atoms with Crippen LogP contribution in [-0.2, 0) is 0 Å². The normalized spacial score (nSPS) is 11.3. The van der Waals surface area contributed by atoms with Crippen molar-refractivity contribution >= 4 is 23.5 Å². The molecule has 7 heteroatoms. The van der Waals surface area contributed by atoms with E-state index in [2.05, 4.69) is 9.98 Å². The first-order valence-electron chi connectivity index (χ1n) is 8.24. The van der Waals surface area contributed by atoms with Gasteiger partial charge in [-0.15, -0.1) is 0 Å². The summed E-state index contributed by atoms with van der Waals surface area (Å²) in [6.45, 7) is 5.84. The van der Waals surface area contributed by atoms with E-state index in [1.165, 1.54) is 6.21 Å². The molecule has 0 aliphatic heterocycles. The van der Waals surface area contributed by atoms with Gasteiger partial charge in [0.25, 0.3) is 5.56 Å². The average Bonchev–Trinajstić information content (AvgIpc) is 2.58. The molecule has 0 radical (unpaired) electrons. The van der Waals surface area contributed by atoms with Crippen molar-refractivity contribution in [3.05, 3.63) is 84.5 Å². The van der Waals surface area contributed by atoms with Crippen LogP contribution in [0.5, 0.6) is 5.88 Å². The molecule has 0 aliphatic carbocycles. The average molecular weight is 384 g/mol. The molecule has 0 saturated heterocycles.